The van der Waals surface area contributed by atoms with Gasteiger partial charge in [0.15, 0.2) is 5.16 Å². The third-order valence-corrected chi connectivity index (χ3v) is 20.9. The number of benzene rings is 1. The first kappa shape index (κ1) is 113. The molecule has 9 aromatic rings. The molecule has 0 saturated carbocycles. The number of aromatic hydroxyl groups is 8. The molecule has 0 amide bonds. The molecule has 0 spiro atoms. The van der Waals surface area contributed by atoms with Crippen molar-refractivity contribution in [3.05, 3.63) is 220 Å². The maximum Gasteiger partial charge on any atom is 0.339 e. The van der Waals surface area contributed by atoms with E-state index in [2.05, 4.69) is 151 Å². The quantitative estimate of drug-likeness (QED) is 0.00956. The Morgan fingerprint density at radius 2 is 0.562 bits per heavy atom. The van der Waals surface area contributed by atoms with Crippen LogP contribution < -0.4 is 44.5 Å². The highest BCUT2D eigenvalue weighted by Crippen LogP contribution is 2.22. The van der Waals surface area contributed by atoms with E-state index in [1.165, 1.54) is 190 Å². The van der Waals surface area contributed by atoms with E-state index < -0.39 is 5.63 Å². The van der Waals surface area contributed by atoms with E-state index in [0.29, 0.717) is 58.1 Å². The van der Waals surface area contributed by atoms with Crippen molar-refractivity contribution < 1.29 is 45.3 Å². The summed E-state index contributed by atoms with van der Waals surface area (Å²) in [6.07, 6.45) is 51.9. The number of aryl methyl sites for hydroxylation is 8. The first-order valence-electron chi connectivity index (χ1n) is 46.8. The second-order valence-electron chi connectivity index (χ2n) is 32.3. The zero-order valence-corrected chi connectivity index (χ0v) is 78.6. The Balaban J connectivity index is 0.000000496. The molecule has 15 N–H and O–H groups in total. The molecule has 712 valence electrons. The van der Waals surface area contributed by atoms with E-state index in [1.54, 1.807) is 6.07 Å². The number of aromatic amines is 7. The summed E-state index contributed by atoms with van der Waals surface area (Å²) in [6.45, 7) is 19.6. The van der Waals surface area contributed by atoms with Crippen LogP contribution in [0.1, 0.15) is 358 Å². The summed E-state index contributed by atoms with van der Waals surface area (Å²) in [6, 6.07) is 20.2. The number of aromatic nitrogens is 13. The van der Waals surface area contributed by atoms with E-state index in [9.17, 15) is 53.7 Å². The SMILES string of the molecule is CC(C)CCCc1nc(O)cc(=O)[nH]1.CCCCCCCCCc1cc(O)cc(=O)[nH]1.CCCCCCCCCc1cc(O)cc(=O)o1.CCCCCCCCCc1nc(O)cc(=O)[nH]1.CCCCCCCCc1nc(O)cc(=O)[nH]1.CCCCCCCc1nc(O)cc(=O)[nH]1.CCCCCCc1nc(O)cc(=O)[nH]1.CCc1ccc(CSc2nc(O)cc(=O)[nH]2)cc1. The average Bonchev–Trinajstić information content (AvgIpc) is 0.878. The van der Waals surface area contributed by atoms with Crippen LogP contribution in [0.3, 0.4) is 0 Å². The van der Waals surface area contributed by atoms with E-state index in [-0.39, 0.29) is 85.7 Å². The molecule has 0 aliphatic carbocycles. The summed E-state index contributed by atoms with van der Waals surface area (Å²) in [5, 5.41) is 73.7. The van der Waals surface area contributed by atoms with E-state index in [1.807, 2.05) is 0 Å². The van der Waals surface area contributed by atoms with Crippen LogP contribution in [0.15, 0.2) is 133 Å². The number of pyridine rings is 1. The van der Waals surface area contributed by atoms with Gasteiger partial charge >= 0.3 is 5.63 Å². The van der Waals surface area contributed by atoms with Crippen molar-refractivity contribution in [3.63, 3.8) is 0 Å². The van der Waals surface area contributed by atoms with Crippen molar-refractivity contribution in [2.24, 2.45) is 5.92 Å². The normalized spacial score (nSPS) is 10.6. The summed E-state index contributed by atoms with van der Waals surface area (Å²) in [4.78, 5) is 130. The summed E-state index contributed by atoms with van der Waals surface area (Å²) in [7, 11) is 0. The molecule has 0 bridgehead atoms. The Kier molecular flexibility index (Phi) is 63.8. The van der Waals surface area contributed by atoms with Crippen LogP contribution in [0.5, 0.6) is 46.8 Å². The molecule has 0 aliphatic heterocycles. The van der Waals surface area contributed by atoms with Crippen molar-refractivity contribution in [2.45, 2.75) is 369 Å². The second kappa shape index (κ2) is 72.1. The van der Waals surface area contributed by atoms with E-state index in [4.69, 9.17) is 29.9 Å². The summed E-state index contributed by atoms with van der Waals surface area (Å²) in [5.74, 6) is 3.68. The molecular formula is C97H151N13O17S. The molecule has 0 saturated heterocycles. The van der Waals surface area contributed by atoms with Crippen LogP contribution in [0.25, 0.3) is 0 Å². The molecule has 0 aliphatic rings. The molecule has 9 rings (SSSR count). The van der Waals surface area contributed by atoms with Crippen LogP contribution in [-0.2, 0) is 57.1 Å². The molecule has 0 unspecified atom stereocenters. The third-order valence-electron chi connectivity index (χ3n) is 19.9. The number of rotatable bonds is 50. The first-order chi connectivity index (χ1) is 61.6. The van der Waals surface area contributed by atoms with Gasteiger partial charge in [0, 0.05) is 62.1 Å². The Labute approximate surface area is 758 Å². The largest absolute Gasteiger partial charge is 0.508 e. The van der Waals surface area contributed by atoms with Gasteiger partial charge in [-0.05, 0) is 80.9 Å². The number of nitrogens with zero attached hydrogens (tertiary/aromatic N) is 6. The summed E-state index contributed by atoms with van der Waals surface area (Å²) in [5.41, 5.74) is 0.826. The lowest BCUT2D eigenvalue weighted by Crippen LogP contribution is -2.09. The van der Waals surface area contributed by atoms with Crippen LogP contribution in [0.2, 0.25) is 0 Å². The number of nitrogens with one attached hydrogen (secondary N) is 7. The molecular weight excluding hydrogens is 1650 g/mol. The van der Waals surface area contributed by atoms with Gasteiger partial charge in [0.25, 0.3) is 38.9 Å². The monoisotopic (exact) mass is 1800 g/mol. The fraction of sp³-hybridized carbons (Fsp3) is 0.588. The zero-order valence-electron chi connectivity index (χ0n) is 77.7. The molecule has 128 heavy (non-hydrogen) atoms. The topological polar surface area (TPSA) is 499 Å². The number of unbranched alkanes of at least 4 members (excludes halogenated alkanes) is 30. The van der Waals surface area contributed by atoms with Gasteiger partial charge in [-0.15, -0.1) is 0 Å². The van der Waals surface area contributed by atoms with Gasteiger partial charge < -0.3 is 80.2 Å². The second-order valence-corrected chi connectivity index (χ2v) is 33.3. The highest BCUT2D eigenvalue weighted by molar-refractivity contribution is 7.98. The van der Waals surface area contributed by atoms with Crippen LogP contribution in [-0.4, -0.2) is 106 Å². The Hall–Kier alpha value is -10.9. The summed E-state index contributed by atoms with van der Waals surface area (Å²) >= 11 is 1.39. The van der Waals surface area contributed by atoms with Crippen LogP contribution in [0.4, 0.5) is 0 Å². The third kappa shape index (κ3) is 61.5. The fourth-order valence-corrected chi connectivity index (χ4v) is 13.9. The number of H-pyrrole nitrogens is 7. The fourth-order valence-electron chi connectivity index (χ4n) is 13.1. The van der Waals surface area contributed by atoms with Gasteiger partial charge in [-0.25, -0.2) is 29.7 Å². The average molecular weight is 1800 g/mol. The van der Waals surface area contributed by atoms with E-state index in [0.717, 1.165) is 182 Å². The predicted octanol–water partition coefficient (Wildman–Crippen LogP) is 19.5. The minimum absolute atomic E-state index is 0.000745. The zero-order chi connectivity index (χ0) is 94.3. The lowest BCUT2D eigenvalue weighted by Gasteiger charge is -2.03. The van der Waals surface area contributed by atoms with Crippen molar-refractivity contribution >= 4 is 11.8 Å². The van der Waals surface area contributed by atoms with Crippen molar-refractivity contribution in [1.29, 1.82) is 0 Å². The number of hydrogen-bond acceptors (Lipinski definition) is 24. The van der Waals surface area contributed by atoms with Gasteiger partial charge in [-0.3, -0.25) is 33.6 Å². The van der Waals surface area contributed by atoms with Gasteiger partial charge in [-0.2, -0.15) is 4.98 Å². The lowest BCUT2D eigenvalue weighted by atomic mass is 10.1. The van der Waals surface area contributed by atoms with Crippen molar-refractivity contribution in [3.8, 4) is 46.8 Å². The highest BCUT2D eigenvalue weighted by atomic mass is 32.2. The lowest BCUT2D eigenvalue weighted by molar-refractivity contribution is 0.418. The van der Waals surface area contributed by atoms with E-state index >= 15 is 0 Å². The number of hydrogen-bond donors (Lipinski definition) is 15. The minimum Gasteiger partial charge on any atom is -0.508 e. The molecule has 31 heteroatoms. The van der Waals surface area contributed by atoms with Crippen molar-refractivity contribution in [1.82, 2.24) is 64.8 Å². The maximum atomic E-state index is 11.1. The molecule has 8 aromatic heterocycles. The smallest absolute Gasteiger partial charge is 0.339 e. The summed E-state index contributed by atoms with van der Waals surface area (Å²) < 4.78 is 4.99. The van der Waals surface area contributed by atoms with Crippen molar-refractivity contribution in [2.75, 3.05) is 0 Å². The van der Waals surface area contributed by atoms with Gasteiger partial charge in [0.1, 0.15) is 46.4 Å². The Morgan fingerprint density at radius 3 is 0.867 bits per heavy atom. The molecule has 8 heterocycles. The van der Waals surface area contributed by atoms with Crippen LogP contribution in [0, 0.1) is 5.92 Å². The predicted molar refractivity (Wildman–Crippen MR) is 510 cm³/mol. The van der Waals surface area contributed by atoms with Gasteiger partial charge in [-0.1, -0.05) is 297 Å². The molecule has 1 aromatic carbocycles. The first-order valence-corrected chi connectivity index (χ1v) is 47.8. The standard InChI is InChI=1S/C14H23NO2.C14H22O3.C13H14N2O2S.C13H22N2O2.C12H20N2O2.C11H18N2O2.2C10H16N2O2/c1-2-3-4-5-6-7-8-9-12-10-13(16)11-14(17)15-12;1-2-3-4-5-6-7-8-9-13-10-12(15)11-14(16)17-13;1-2-9-3-5-10(6-4-9)8-18-13-14-11(16)7-12(17)15-13;1-2-3-4-5-6-7-8-9-11-14-12(16)10-13(17)15-11;1-2-3-4-5-6-7-8-10-13-11(15)9-12(16)14-10;1-2-3-4-5-6-7-9-12-10(14)8-11(15)13-9;1-7(2)4-3-5-8-11-9(13)6-10(14)12-8;1-2-3-4-5-6-8-11-9(13)7-10(14)12-8/h10-11H,2-9H2,1H3,(H2,15,16,17);10-11,15H,2-9H2,1H3;3-7H,2,8H2,1H3,(H2,14,15,16,17);10H,2-9H2,1H3,(H2,14,15,16,17);9H,2-8H2,1H3,(H2,13,14,15,16);8H,2-7H2,1H3,(H2,12,13,14,15);6-7H,3-5H2,1-2H3,(H2,11,12,13,14);7H,2-6H2,1H3,(H2,11,12,13,14). The maximum absolute atomic E-state index is 11.1. The molecule has 0 fully saturated rings. The minimum atomic E-state index is -0.469. The Morgan fingerprint density at radius 1 is 0.289 bits per heavy atom. The molecule has 30 nitrogen and oxygen atoms in total. The highest BCUT2D eigenvalue weighted by Gasteiger charge is 2.09. The van der Waals surface area contributed by atoms with Crippen LogP contribution >= 0.6 is 11.8 Å². The van der Waals surface area contributed by atoms with Gasteiger partial charge in [0.2, 0.25) is 35.3 Å². The molecule has 0 atom stereocenters. The number of thioether (sulfide) groups is 1. The molecule has 0 radical (unpaired) electrons. The van der Waals surface area contributed by atoms with Gasteiger partial charge in [0.05, 0.1) is 42.5 Å². The Bertz CT molecular complexity index is 4710.